The number of rotatable bonds is 1. The fourth-order valence-electron chi connectivity index (χ4n) is 1.38. The average Bonchev–Trinajstić information content (AvgIpc) is 2.49. The SMILES string of the molecule is Cc1c(-c2ccc(Cl)cc2F)[nH][nH]c1=O. The van der Waals surface area contributed by atoms with E-state index in [4.69, 9.17) is 11.6 Å². The molecule has 0 spiro atoms. The lowest BCUT2D eigenvalue weighted by atomic mass is 10.1. The van der Waals surface area contributed by atoms with Crippen LogP contribution in [0.25, 0.3) is 11.3 Å². The highest BCUT2D eigenvalue weighted by atomic mass is 35.5. The molecule has 1 aromatic heterocycles. The van der Waals surface area contributed by atoms with E-state index >= 15 is 0 Å². The second kappa shape index (κ2) is 3.55. The third-order valence-corrected chi connectivity index (χ3v) is 2.45. The van der Waals surface area contributed by atoms with Crippen LogP contribution in [0.2, 0.25) is 5.02 Å². The number of benzene rings is 1. The quantitative estimate of drug-likeness (QED) is 0.771. The van der Waals surface area contributed by atoms with E-state index in [1.807, 2.05) is 0 Å². The molecule has 0 atom stereocenters. The molecule has 1 aromatic carbocycles. The van der Waals surface area contributed by atoms with Crippen molar-refractivity contribution in [3.05, 3.63) is 45.0 Å². The van der Waals surface area contributed by atoms with Gasteiger partial charge in [-0.3, -0.25) is 15.0 Å². The molecule has 1 heterocycles. The molecule has 0 aliphatic rings. The van der Waals surface area contributed by atoms with Gasteiger partial charge in [0.2, 0.25) is 0 Å². The maximum Gasteiger partial charge on any atom is 0.267 e. The fourth-order valence-corrected chi connectivity index (χ4v) is 1.54. The minimum absolute atomic E-state index is 0.251. The number of aromatic nitrogens is 2. The van der Waals surface area contributed by atoms with Gasteiger partial charge in [0.25, 0.3) is 5.56 Å². The van der Waals surface area contributed by atoms with Gasteiger partial charge >= 0.3 is 0 Å². The molecule has 15 heavy (non-hydrogen) atoms. The molecule has 0 unspecified atom stereocenters. The number of nitrogens with one attached hydrogen (secondary N) is 2. The molecular formula is C10H8ClFN2O. The van der Waals surface area contributed by atoms with Gasteiger partial charge < -0.3 is 0 Å². The van der Waals surface area contributed by atoms with Crippen LogP contribution in [0.5, 0.6) is 0 Å². The molecule has 5 heteroatoms. The van der Waals surface area contributed by atoms with Gasteiger partial charge in [-0.1, -0.05) is 11.6 Å². The molecule has 0 aliphatic carbocycles. The summed E-state index contributed by atoms with van der Waals surface area (Å²) in [7, 11) is 0. The highest BCUT2D eigenvalue weighted by molar-refractivity contribution is 6.30. The van der Waals surface area contributed by atoms with Crippen LogP contribution in [-0.2, 0) is 0 Å². The van der Waals surface area contributed by atoms with Crippen LogP contribution in [0.4, 0.5) is 4.39 Å². The van der Waals surface area contributed by atoms with E-state index in [1.54, 1.807) is 13.0 Å². The second-order valence-corrected chi connectivity index (χ2v) is 3.64. The first-order chi connectivity index (χ1) is 7.09. The molecule has 0 amide bonds. The van der Waals surface area contributed by atoms with Crippen molar-refractivity contribution in [3.8, 4) is 11.3 Å². The maximum atomic E-state index is 13.5. The summed E-state index contributed by atoms with van der Waals surface area (Å²) in [5, 5.41) is 5.35. The van der Waals surface area contributed by atoms with Crippen LogP contribution in [0.1, 0.15) is 5.56 Å². The predicted octanol–water partition coefficient (Wildman–Crippen LogP) is 2.47. The number of hydrogen-bond donors (Lipinski definition) is 2. The Labute approximate surface area is 89.9 Å². The average molecular weight is 227 g/mol. The summed E-state index contributed by atoms with van der Waals surface area (Å²) in [6.07, 6.45) is 0. The first-order valence-corrected chi connectivity index (χ1v) is 4.70. The minimum atomic E-state index is -0.458. The molecule has 0 aliphatic heterocycles. The van der Waals surface area contributed by atoms with Crippen LogP contribution in [0.15, 0.2) is 23.0 Å². The van der Waals surface area contributed by atoms with Crippen molar-refractivity contribution in [2.24, 2.45) is 0 Å². The van der Waals surface area contributed by atoms with Gasteiger partial charge in [0.15, 0.2) is 0 Å². The normalized spacial score (nSPS) is 10.6. The maximum absolute atomic E-state index is 13.5. The molecular weight excluding hydrogens is 219 g/mol. The van der Waals surface area contributed by atoms with Crippen molar-refractivity contribution in [1.29, 1.82) is 0 Å². The lowest BCUT2D eigenvalue weighted by Gasteiger charge is -2.01. The highest BCUT2D eigenvalue weighted by Gasteiger charge is 2.11. The Bertz CT molecular complexity index is 559. The van der Waals surface area contributed by atoms with Gasteiger partial charge in [-0.15, -0.1) is 0 Å². The first kappa shape index (κ1) is 9.98. The third-order valence-electron chi connectivity index (χ3n) is 2.22. The van der Waals surface area contributed by atoms with Crippen molar-refractivity contribution in [2.75, 3.05) is 0 Å². The van der Waals surface area contributed by atoms with Crippen LogP contribution in [-0.4, -0.2) is 10.2 Å². The smallest absolute Gasteiger partial charge is 0.267 e. The zero-order valence-electron chi connectivity index (χ0n) is 7.90. The summed E-state index contributed by atoms with van der Waals surface area (Å²) in [6, 6.07) is 4.32. The molecule has 0 saturated heterocycles. The van der Waals surface area contributed by atoms with Crippen molar-refractivity contribution >= 4 is 11.6 Å². The van der Waals surface area contributed by atoms with Crippen molar-refractivity contribution in [3.63, 3.8) is 0 Å². The van der Waals surface area contributed by atoms with E-state index in [1.165, 1.54) is 12.1 Å². The lowest BCUT2D eigenvalue weighted by Crippen LogP contribution is -2.00. The largest absolute Gasteiger partial charge is 0.297 e. The van der Waals surface area contributed by atoms with Crippen molar-refractivity contribution in [2.45, 2.75) is 6.92 Å². The number of H-pyrrole nitrogens is 2. The van der Waals surface area contributed by atoms with Crippen LogP contribution >= 0.6 is 11.6 Å². The van der Waals surface area contributed by atoms with Gasteiger partial charge in [-0.2, -0.15) is 0 Å². The Morgan fingerprint density at radius 1 is 1.33 bits per heavy atom. The molecule has 2 N–H and O–H groups in total. The van der Waals surface area contributed by atoms with Gasteiger partial charge in [0.1, 0.15) is 5.82 Å². The summed E-state index contributed by atoms with van der Waals surface area (Å²) >= 11 is 5.63. The van der Waals surface area contributed by atoms with E-state index in [0.717, 1.165) is 0 Å². The zero-order chi connectivity index (χ0) is 11.0. The molecule has 0 bridgehead atoms. The van der Waals surface area contributed by atoms with E-state index in [9.17, 15) is 9.18 Å². The van der Waals surface area contributed by atoms with Crippen LogP contribution < -0.4 is 5.56 Å². The van der Waals surface area contributed by atoms with E-state index < -0.39 is 5.82 Å². The topological polar surface area (TPSA) is 48.6 Å². The predicted molar refractivity (Wildman–Crippen MR) is 56.6 cm³/mol. The number of hydrogen-bond acceptors (Lipinski definition) is 1. The van der Waals surface area contributed by atoms with E-state index in [2.05, 4.69) is 10.2 Å². The summed E-state index contributed by atoms with van der Waals surface area (Å²) in [4.78, 5) is 11.2. The molecule has 3 nitrogen and oxygen atoms in total. The molecule has 0 fully saturated rings. The first-order valence-electron chi connectivity index (χ1n) is 4.32. The third kappa shape index (κ3) is 1.68. The van der Waals surface area contributed by atoms with Gasteiger partial charge in [0, 0.05) is 16.1 Å². The minimum Gasteiger partial charge on any atom is -0.297 e. The summed E-state index contributed by atoms with van der Waals surface area (Å²) < 4.78 is 13.5. The Morgan fingerprint density at radius 3 is 2.60 bits per heavy atom. The zero-order valence-corrected chi connectivity index (χ0v) is 8.65. The van der Waals surface area contributed by atoms with Gasteiger partial charge in [-0.25, -0.2) is 4.39 Å². The Balaban J connectivity index is 2.64. The molecule has 78 valence electrons. The molecule has 0 radical (unpaired) electrons. The number of aromatic amines is 2. The molecule has 0 saturated carbocycles. The summed E-state index contributed by atoms with van der Waals surface area (Å²) in [5.41, 5.74) is 0.986. The highest BCUT2D eigenvalue weighted by Crippen LogP contribution is 2.24. The molecule has 2 aromatic rings. The van der Waals surface area contributed by atoms with Gasteiger partial charge in [-0.05, 0) is 25.1 Å². The Morgan fingerprint density at radius 2 is 2.07 bits per heavy atom. The molecule has 2 rings (SSSR count). The monoisotopic (exact) mass is 226 g/mol. The van der Waals surface area contributed by atoms with Gasteiger partial charge in [0.05, 0.1) is 5.69 Å². The van der Waals surface area contributed by atoms with Crippen molar-refractivity contribution in [1.82, 2.24) is 10.2 Å². The van der Waals surface area contributed by atoms with Crippen molar-refractivity contribution < 1.29 is 4.39 Å². The van der Waals surface area contributed by atoms with E-state index in [0.29, 0.717) is 21.8 Å². The number of halogens is 2. The standard InChI is InChI=1S/C10H8ClFN2O/c1-5-9(13-14-10(5)15)7-3-2-6(11)4-8(7)12/h2-4H,1H3,(H2,13,14,15). The Hall–Kier alpha value is -1.55. The van der Waals surface area contributed by atoms with E-state index in [-0.39, 0.29) is 5.56 Å². The fraction of sp³-hybridized carbons (Fsp3) is 0.100. The lowest BCUT2D eigenvalue weighted by molar-refractivity contribution is 0.630. The van der Waals surface area contributed by atoms with Crippen LogP contribution in [0.3, 0.4) is 0 Å². The summed E-state index contributed by atoms with van der Waals surface area (Å²) in [6.45, 7) is 1.62. The summed E-state index contributed by atoms with van der Waals surface area (Å²) in [5.74, 6) is -0.458. The second-order valence-electron chi connectivity index (χ2n) is 3.20. The van der Waals surface area contributed by atoms with Crippen LogP contribution in [0, 0.1) is 12.7 Å². The Kier molecular flexibility index (Phi) is 2.36.